The van der Waals surface area contributed by atoms with E-state index in [-0.39, 0.29) is 18.1 Å². The highest BCUT2D eigenvalue weighted by Gasteiger charge is 2.26. The van der Waals surface area contributed by atoms with Gasteiger partial charge < -0.3 is 14.6 Å². The molecule has 0 heterocycles. The summed E-state index contributed by atoms with van der Waals surface area (Å²) in [4.78, 5) is 24.0. The van der Waals surface area contributed by atoms with E-state index in [1.165, 1.54) is 13.2 Å². The number of unbranched alkanes of at least 4 members (excludes halogenated alkanes) is 2. The molecule has 2 unspecified atom stereocenters. The topological polar surface area (TPSA) is 72.8 Å². The van der Waals surface area contributed by atoms with Crippen LogP contribution in [0.15, 0.2) is 11.6 Å². The van der Waals surface area contributed by atoms with Gasteiger partial charge in [-0.15, -0.1) is 0 Å². The molecule has 0 aromatic rings. The summed E-state index contributed by atoms with van der Waals surface area (Å²) in [5, 5.41) is 10.2. The number of carbonyl (C=O) groups is 2. The van der Waals surface area contributed by atoms with Crippen molar-refractivity contribution in [1.29, 1.82) is 0 Å². The van der Waals surface area contributed by atoms with Gasteiger partial charge in [0.05, 0.1) is 31.3 Å². The summed E-state index contributed by atoms with van der Waals surface area (Å²) in [6.45, 7) is 7.62. The average molecular weight is 314 g/mol. The maximum absolute atomic E-state index is 12.1. The van der Waals surface area contributed by atoms with Crippen LogP contribution in [-0.4, -0.2) is 36.9 Å². The summed E-state index contributed by atoms with van der Waals surface area (Å²) in [5.74, 6) is -1.66. The zero-order valence-corrected chi connectivity index (χ0v) is 14.4. The Kier molecular flexibility index (Phi) is 10.5. The van der Waals surface area contributed by atoms with E-state index in [2.05, 4.69) is 6.92 Å². The summed E-state index contributed by atoms with van der Waals surface area (Å²) in [5.41, 5.74) is 0.142. The molecule has 22 heavy (non-hydrogen) atoms. The molecule has 0 aromatic heterocycles. The Balaban J connectivity index is 5.34. The summed E-state index contributed by atoms with van der Waals surface area (Å²) in [6, 6.07) is 0. The van der Waals surface area contributed by atoms with Gasteiger partial charge in [0.25, 0.3) is 0 Å². The molecular weight excluding hydrogens is 284 g/mol. The Hall–Kier alpha value is -1.36. The molecule has 5 heteroatoms. The van der Waals surface area contributed by atoms with Crippen LogP contribution < -0.4 is 0 Å². The lowest BCUT2D eigenvalue weighted by atomic mass is 9.92. The fourth-order valence-electron chi connectivity index (χ4n) is 2.11. The molecule has 5 nitrogen and oxygen atoms in total. The fourth-order valence-corrected chi connectivity index (χ4v) is 2.11. The zero-order valence-electron chi connectivity index (χ0n) is 14.4. The van der Waals surface area contributed by atoms with Crippen molar-refractivity contribution in [1.82, 2.24) is 0 Å². The lowest BCUT2D eigenvalue weighted by molar-refractivity contribution is -0.144. The van der Waals surface area contributed by atoms with Crippen molar-refractivity contribution in [2.75, 3.05) is 13.7 Å². The average Bonchev–Trinajstić information content (AvgIpc) is 2.49. The van der Waals surface area contributed by atoms with Crippen LogP contribution in [0, 0.1) is 11.8 Å². The molecule has 2 atom stereocenters. The predicted molar refractivity (Wildman–Crippen MR) is 85.2 cm³/mol. The van der Waals surface area contributed by atoms with Gasteiger partial charge in [-0.05, 0) is 19.3 Å². The van der Waals surface area contributed by atoms with E-state index in [4.69, 9.17) is 9.47 Å². The third-order valence-electron chi connectivity index (χ3n) is 3.46. The second kappa shape index (κ2) is 11.2. The monoisotopic (exact) mass is 314 g/mol. The van der Waals surface area contributed by atoms with Crippen molar-refractivity contribution in [3.8, 4) is 0 Å². The molecule has 0 rings (SSSR count). The fraction of sp³-hybridized carbons (Fsp3) is 0.765. The zero-order chi connectivity index (χ0) is 17.1. The number of carbonyl (C=O) groups excluding carboxylic acids is 2. The molecule has 0 amide bonds. The van der Waals surface area contributed by atoms with Crippen molar-refractivity contribution in [2.45, 2.75) is 59.5 Å². The molecule has 0 saturated heterocycles. The number of hydrogen-bond donors (Lipinski definition) is 1. The Bertz CT molecular complexity index is 373. The first kappa shape index (κ1) is 20.6. The van der Waals surface area contributed by atoms with E-state index in [1.54, 1.807) is 6.92 Å². The van der Waals surface area contributed by atoms with E-state index < -0.39 is 24.0 Å². The van der Waals surface area contributed by atoms with Gasteiger partial charge in [0.15, 0.2) is 0 Å². The molecular formula is C17H30O5. The summed E-state index contributed by atoms with van der Waals surface area (Å²) in [7, 11) is 1.33. The Morgan fingerprint density at radius 2 is 1.82 bits per heavy atom. The van der Waals surface area contributed by atoms with Crippen molar-refractivity contribution in [3.63, 3.8) is 0 Å². The third-order valence-corrected chi connectivity index (χ3v) is 3.46. The van der Waals surface area contributed by atoms with Crippen LogP contribution in [-0.2, 0) is 19.1 Å². The van der Waals surface area contributed by atoms with E-state index >= 15 is 0 Å². The van der Waals surface area contributed by atoms with Crippen LogP contribution in [0.5, 0.6) is 0 Å². The highest BCUT2D eigenvalue weighted by molar-refractivity contribution is 5.90. The van der Waals surface area contributed by atoms with Crippen LogP contribution in [0.4, 0.5) is 0 Å². The molecule has 0 bridgehead atoms. The number of methoxy groups -OCH3 is 1. The van der Waals surface area contributed by atoms with Crippen LogP contribution in [0.2, 0.25) is 0 Å². The summed E-state index contributed by atoms with van der Waals surface area (Å²) in [6.07, 6.45) is 4.05. The summed E-state index contributed by atoms with van der Waals surface area (Å²) < 4.78 is 9.80. The number of hydrogen-bond acceptors (Lipinski definition) is 5. The lowest BCUT2D eigenvalue weighted by Crippen LogP contribution is -2.27. The van der Waals surface area contributed by atoms with Gasteiger partial charge in [-0.3, -0.25) is 4.79 Å². The third kappa shape index (κ3) is 7.07. The first-order valence-electron chi connectivity index (χ1n) is 8.03. The van der Waals surface area contributed by atoms with Crippen molar-refractivity contribution in [3.05, 3.63) is 11.6 Å². The van der Waals surface area contributed by atoms with Crippen LogP contribution in [0.3, 0.4) is 0 Å². The minimum Gasteiger partial charge on any atom is -0.469 e. The van der Waals surface area contributed by atoms with E-state index in [0.29, 0.717) is 6.42 Å². The van der Waals surface area contributed by atoms with Crippen molar-refractivity contribution >= 4 is 11.9 Å². The minimum atomic E-state index is -0.961. The molecule has 0 fully saturated rings. The largest absolute Gasteiger partial charge is 0.469 e. The Morgan fingerprint density at radius 3 is 2.27 bits per heavy atom. The lowest BCUT2D eigenvalue weighted by Gasteiger charge is -2.19. The second-order valence-electron chi connectivity index (χ2n) is 5.66. The number of ether oxygens (including phenoxy) is 2. The molecule has 128 valence electrons. The quantitative estimate of drug-likeness (QED) is 0.381. The number of esters is 2. The highest BCUT2D eigenvalue weighted by Crippen LogP contribution is 2.21. The Labute approximate surface area is 133 Å². The van der Waals surface area contributed by atoms with Crippen LogP contribution in [0.1, 0.15) is 53.4 Å². The van der Waals surface area contributed by atoms with Gasteiger partial charge in [0.2, 0.25) is 0 Å². The van der Waals surface area contributed by atoms with E-state index in [9.17, 15) is 14.7 Å². The number of rotatable bonds is 10. The van der Waals surface area contributed by atoms with E-state index in [1.807, 2.05) is 13.8 Å². The molecule has 0 radical (unpaired) electrons. The molecule has 0 aromatic carbocycles. The highest BCUT2D eigenvalue weighted by atomic mass is 16.5. The van der Waals surface area contributed by atoms with Crippen molar-refractivity contribution in [2.24, 2.45) is 11.8 Å². The summed E-state index contributed by atoms with van der Waals surface area (Å²) >= 11 is 0. The molecule has 0 aliphatic carbocycles. The predicted octanol–water partition coefficient (Wildman–Crippen LogP) is 2.86. The van der Waals surface area contributed by atoms with Crippen LogP contribution in [0.25, 0.3) is 0 Å². The maximum Gasteiger partial charge on any atom is 0.336 e. The molecule has 0 spiro atoms. The number of aliphatic hydroxyl groups excluding tert-OH is 1. The molecule has 0 aliphatic rings. The van der Waals surface area contributed by atoms with Gasteiger partial charge in [-0.2, -0.15) is 0 Å². The molecule has 1 N–H and O–H groups in total. The Morgan fingerprint density at radius 1 is 1.18 bits per heavy atom. The molecule has 0 saturated carbocycles. The second-order valence-corrected chi connectivity index (χ2v) is 5.66. The first-order valence-corrected chi connectivity index (χ1v) is 8.03. The number of aliphatic hydroxyl groups is 1. The molecule has 0 aliphatic heterocycles. The first-order chi connectivity index (χ1) is 10.4. The van der Waals surface area contributed by atoms with Crippen molar-refractivity contribution < 1.29 is 24.2 Å². The van der Waals surface area contributed by atoms with Gasteiger partial charge in [-0.25, -0.2) is 4.79 Å². The van der Waals surface area contributed by atoms with Gasteiger partial charge in [0, 0.05) is 0 Å². The standard InChI is InChI=1S/C17H30O5/c1-6-8-9-10-13(16(19)21-5)11-14(15(18)12(3)4)17(20)22-7-2/h11-13,15,18H,6-10H2,1-5H3/b14-11+. The smallest absolute Gasteiger partial charge is 0.336 e. The van der Waals surface area contributed by atoms with Gasteiger partial charge in [-0.1, -0.05) is 46.1 Å². The van der Waals surface area contributed by atoms with Crippen LogP contribution >= 0.6 is 0 Å². The SMILES string of the molecule is CCCCCC(/C=C(/C(=O)OCC)C(O)C(C)C)C(=O)OC. The maximum atomic E-state index is 12.1. The minimum absolute atomic E-state index is 0.142. The van der Waals surface area contributed by atoms with Gasteiger partial charge >= 0.3 is 11.9 Å². The normalized spacial score (nSPS) is 14.6. The van der Waals surface area contributed by atoms with Gasteiger partial charge in [0.1, 0.15) is 0 Å². The van der Waals surface area contributed by atoms with E-state index in [0.717, 1.165) is 19.3 Å².